The van der Waals surface area contributed by atoms with Crippen LogP contribution in [0.1, 0.15) is 25.1 Å². The summed E-state index contributed by atoms with van der Waals surface area (Å²) in [5.41, 5.74) is 1.00. The van der Waals surface area contributed by atoms with Crippen molar-refractivity contribution >= 4 is 0 Å². The molecule has 4 nitrogen and oxygen atoms in total. The van der Waals surface area contributed by atoms with Gasteiger partial charge in [0.2, 0.25) is 5.82 Å². The summed E-state index contributed by atoms with van der Waals surface area (Å²) in [5, 5.41) is 4.20. The Balaban J connectivity index is 1.54. The normalized spacial score (nSPS) is 28.7. The molecule has 4 heteroatoms. The Bertz CT molecular complexity index is 571. The van der Waals surface area contributed by atoms with E-state index in [4.69, 9.17) is 4.52 Å². The van der Waals surface area contributed by atoms with Gasteiger partial charge in [0.1, 0.15) is 6.54 Å². The quantitative estimate of drug-likeness (QED) is 0.805. The van der Waals surface area contributed by atoms with Gasteiger partial charge in [0.15, 0.2) is 0 Å². The van der Waals surface area contributed by atoms with Crippen LogP contribution in [0.4, 0.5) is 0 Å². The number of nitrogens with zero attached hydrogens (tertiary/aromatic N) is 3. The lowest BCUT2D eigenvalue weighted by Crippen LogP contribution is -2.57. The van der Waals surface area contributed by atoms with Crippen molar-refractivity contribution in [1.29, 1.82) is 0 Å². The van der Waals surface area contributed by atoms with E-state index in [9.17, 15) is 0 Å². The minimum absolute atomic E-state index is 0.644. The number of piperidine rings is 3. The van der Waals surface area contributed by atoms with Gasteiger partial charge in [-0.1, -0.05) is 23.4 Å². The lowest BCUT2D eigenvalue weighted by atomic mass is 9.86. The molecule has 20 heavy (non-hydrogen) atoms. The Kier molecular flexibility index (Phi) is 2.84. The molecule has 104 valence electrons. The highest BCUT2D eigenvalue weighted by atomic mass is 16.5. The van der Waals surface area contributed by atoms with Crippen LogP contribution >= 0.6 is 0 Å². The van der Waals surface area contributed by atoms with Gasteiger partial charge >= 0.3 is 0 Å². The van der Waals surface area contributed by atoms with Crippen molar-refractivity contribution in [2.45, 2.75) is 25.8 Å². The Labute approximate surface area is 119 Å². The Morgan fingerprint density at radius 3 is 2.45 bits per heavy atom. The largest absolute Gasteiger partial charge is 0.334 e. The van der Waals surface area contributed by atoms with Crippen LogP contribution in [0.25, 0.3) is 11.5 Å². The van der Waals surface area contributed by atoms with E-state index in [0.717, 1.165) is 23.9 Å². The molecule has 0 spiro atoms. The van der Waals surface area contributed by atoms with Crippen LogP contribution in [0.15, 0.2) is 34.9 Å². The first-order valence-electron chi connectivity index (χ1n) is 7.56. The van der Waals surface area contributed by atoms with E-state index in [1.54, 1.807) is 0 Å². The summed E-state index contributed by atoms with van der Waals surface area (Å²) < 4.78 is 6.59. The van der Waals surface area contributed by atoms with Gasteiger partial charge in [-0.05, 0) is 37.3 Å². The van der Waals surface area contributed by atoms with Crippen LogP contribution in [0.3, 0.4) is 0 Å². The van der Waals surface area contributed by atoms with Crippen molar-refractivity contribution < 1.29 is 9.01 Å². The fourth-order valence-electron chi connectivity index (χ4n) is 3.69. The van der Waals surface area contributed by atoms with Crippen LogP contribution in [0.5, 0.6) is 0 Å². The van der Waals surface area contributed by atoms with Gasteiger partial charge in [0, 0.05) is 5.56 Å². The monoisotopic (exact) mass is 270 g/mol. The Morgan fingerprint density at radius 2 is 1.75 bits per heavy atom. The van der Waals surface area contributed by atoms with Gasteiger partial charge in [-0.3, -0.25) is 0 Å². The van der Waals surface area contributed by atoms with Crippen molar-refractivity contribution in [3.05, 3.63) is 36.2 Å². The number of aromatic nitrogens is 2. The number of rotatable bonds is 3. The van der Waals surface area contributed by atoms with E-state index in [1.165, 1.54) is 43.4 Å². The molecule has 0 atom stereocenters. The number of quaternary nitrogens is 1. The first-order valence-corrected chi connectivity index (χ1v) is 7.56. The maximum absolute atomic E-state index is 5.42. The fraction of sp³-hybridized carbons (Fsp3) is 0.500. The average Bonchev–Trinajstić information content (AvgIpc) is 2.98. The number of hydrogen-bond donors (Lipinski definition) is 0. The molecule has 0 amide bonds. The van der Waals surface area contributed by atoms with Gasteiger partial charge < -0.3 is 9.01 Å². The molecule has 0 radical (unpaired) electrons. The summed E-state index contributed by atoms with van der Waals surface area (Å²) in [7, 11) is 0. The maximum Gasteiger partial charge on any atom is 0.258 e. The molecular weight excluding hydrogens is 250 g/mol. The SMILES string of the molecule is c1ccc(-c2nc(C[N+]34CCC(CC3)CC4)no2)cc1. The first kappa shape index (κ1) is 12.1. The van der Waals surface area contributed by atoms with E-state index in [1.807, 2.05) is 30.3 Å². The summed E-state index contributed by atoms with van der Waals surface area (Å²) in [6.07, 6.45) is 4.14. The summed E-state index contributed by atoms with van der Waals surface area (Å²) in [5.74, 6) is 2.50. The number of fused-ring (bicyclic) bond motifs is 3. The van der Waals surface area contributed by atoms with Gasteiger partial charge in [-0.25, -0.2) is 0 Å². The molecule has 3 fully saturated rings. The first-order chi connectivity index (χ1) is 9.83. The van der Waals surface area contributed by atoms with E-state index >= 15 is 0 Å². The number of hydrogen-bond acceptors (Lipinski definition) is 3. The molecule has 3 saturated heterocycles. The predicted molar refractivity (Wildman–Crippen MR) is 75.6 cm³/mol. The molecule has 4 heterocycles. The van der Waals surface area contributed by atoms with Crippen LogP contribution in [-0.2, 0) is 6.54 Å². The van der Waals surface area contributed by atoms with Crippen LogP contribution in [0, 0.1) is 5.92 Å². The van der Waals surface area contributed by atoms with Gasteiger partial charge in [-0.15, -0.1) is 0 Å². The van der Waals surface area contributed by atoms with E-state index in [-0.39, 0.29) is 0 Å². The van der Waals surface area contributed by atoms with Crippen molar-refractivity contribution in [3.63, 3.8) is 0 Å². The zero-order valence-electron chi connectivity index (χ0n) is 11.7. The standard InChI is InChI=1S/C16H20N3O/c1-2-4-14(5-3-1)16-17-15(18-20-16)12-19-9-6-13(7-10-19)8-11-19/h1-5,13H,6-12H2/q+1. The van der Waals surface area contributed by atoms with Crippen molar-refractivity contribution in [3.8, 4) is 11.5 Å². The highest BCUT2D eigenvalue weighted by Crippen LogP contribution is 2.34. The molecule has 1 aromatic carbocycles. The minimum Gasteiger partial charge on any atom is -0.334 e. The van der Waals surface area contributed by atoms with Gasteiger partial charge in [0.25, 0.3) is 5.89 Å². The molecule has 2 aromatic rings. The third-order valence-electron chi connectivity index (χ3n) is 5.00. The summed E-state index contributed by atoms with van der Waals surface area (Å²) >= 11 is 0. The van der Waals surface area contributed by atoms with Crippen molar-refractivity contribution in [2.24, 2.45) is 5.92 Å². The molecule has 5 rings (SSSR count). The highest BCUT2D eigenvalue weighted by Gasteiger charge is 2.40. The molecular formula is C16H20N3O+. The van der Waals surface area contributed by atoms with Crippen LogP contribution in [0.2, 0.25) is 0 Å². The number of benzene rings is 1. The maximum atomic E-state index is 5.42. The van der Waals surface area contributed by atoms with E-state index in [2.05, 4.69) is 10.1 Å². The van der Waals surface area contributed by atoms with E-state index < -0.39 is 0 Å². The van der Waals surface area contributed by atoms with Crippen LogP contribution in [-0.4, -0.2) is 34.3 Å². The Morgan fingerprint density at radius 1 is 1.05 bits per heavy atom. The summed E-state index contributed by atoms with van der Waals surface area (Å²) in [6, 6.07) is 10.0. The lowest BCUT2D eigenvalue weighted by molar-refractivity contribution is -0.955. The molecule has 1 aromatic heterocycles. The summed E-state index contributed by atoms with van der Waals surface area (Å²) in [4.78, 5) is 4.59. The van der Waals surface area contributed by atoms with Gasteiger partial charge in [-0.2, -0.15) is 4.98 Å². The lowest BCUT2D eigenvalue weighted by Gasteiger charge is -2.48. The zero-order chi connectivity index (χ0) is 13.4. The third kappa shape index (κ3) is 2.14. The topological polar surface area (TPSA) is 38.9 Å². The van der Waals surface area contributed by atoms with Crippen molar-refractivity contribution in [1.82, 2.24) is 10.1 Å². The highest BCUT2D eigenvalue weighted by molar-refractivity contribution is 5.51. The molecule has 0 N–H and O–H groups in total. The zero-order valence-corrected chi connectivity index (χ0v) is 11.7. The summed E-state index contributed by atoms with van der Waals surface area (Å²) in [6.45, 7) is 4.81. The second-order valence-corrected chi connectivity index (χ2v) is 6.28. The Hall–Kier alpha value is -1.68. The molecule has 0 aliphatic carbocycles. The average molecular weight is 270 g/mol. The minimum atomic E-state index is 0.644. The van der Waals surface area contributed by atoms with Crippen LogP contribution < -0.4 is 0 Å². The predicted octanol–water partition coefficient (Wildman–Crippen LogP) is 2.87. The van der Waals surface area contributed by atoms with Crippen molar-refractivity contribution in [2.75, 3.05) is 19.6 Å². The molecule has 0 unspecified atom stereocenters. The molecule has 0 saturated carbocycles. The second kappa shape index (κ2) is 4.70. The third-order valence-corrected chi connectivity index (χ3v) is 5.00. The van der Waals surface area contributed by atoms with Gasteiger partial charge in [0.05, 0.1) is 19.6 Å². The smallest absolute Gasteiger partial charge is 0.258 e. The van der Waals surface area contributed by atoms with E-state index in [0.29, 0.717) is 5.89 Å². The fourth-order valence-corrected chi connectivity index (χ4v) is 3.69. The molecule has 3 aliphatic heterocycles. The second-order valence-electron chi connectivity index (χ2n) is 6.28. The molecule has 3 aliphatic rings. The molecule has 2 bridgehead atoms.